The van der Waals surface area contributed by atoms with Gasteiger partial charge >= 0.3 is 0 Å². The molecular formula is C19H25N3O2. The highest BCUT2D eigenvalue weighted by atomic mass is 16.5. The molecule has 5 nitrogen and oxygen atoms in total. The molecule has 2 fully saturated rings. The fourth-order valence-electron chi connectivity index (χ4n) is 4.08. The molecule has 0 amide bonds. The Morgan fingerprint density at radius 3 is 2.96 bits per heavy atom. The van der Waals surface area contributed by atoms with Gasteiger partial charge in [0.15, 0.2) is 0 Å². The van der Waals surface area contributed by atoms with E-state index in [1.165, 1.54) is 12.0 Å². The number of likely N-dealkylation sites (N-methyl/N-ethyl adjacent to an activating group) is 1. The Morgan fingerprint density at radius 2 is 2.17 bits per heavy atom. The molecule has 24 heavy (non-hydrogen) atoms. The number of hydrogen-bond acceptors (Lipinski definition) is 5. The molecule has 0 spiro atoms. The summed E-state index contributed by atoms with van der Waals surface area (Å²) in [6.45, 7) is 3.72. The second-order valence-electron chi connectivity index (χ2n) is 6.89. The van der Waals surface area contributed by atoms with Crippen LogP contribution in [0.4, 0.5) is 0 Å². The Labute approximate surface area is 143 Å². The molecule has 2 aromatic rings. The average Bonchev–Trinajstić information content (AvgIpc) is 3.24. The molecule has 0 bridgehead atoms. The van der Waals surface area contributed by atoms with E-state index in [4.69, 9.17) is 9.15 Å². The van der Waals surface area contributed by atoms with E-state index in [1.807, 2.05) is 24.5 Å². The summed E-state index contributed by atoms with van der Waals surface area (Å²) >= 11 is 0. The van der Waals surface area contributed by atoms with E-state index in [2.05, 4.69) is 34.0 Å². The molecule has 0 aliphatic carbocycles. The third-order valence-corrected chi connectivity index (χ3v) is 5.29. The molecule has 2 aromatic heterocycles. The van der Waals surface area contributed by atoms with Crippen LogP contribution in [0.25, 0.3) is 0 Å². The van der Waals surface area contributed by atoms with Gasteiger partial charge in [-0.2, -0.15) is 0 Å². The maximum atomic E-state index is 6.20. The van der Waals surface area contributed by atoms with Crippen LogP contribution in [0.1, 0.15) is 24.2 Å². The second-order valence-corrected chi connectivity index (χ2v) is 6.89. The molecule has 0 aromatic carbocycles. The van der Waals surface area contributed by atoms with Crippen molar-refractivity contribution in [2.75, 3.05) is 20.2 Å². The molecule has 3 atom stereocenters. The largest absolute Gasteiger partial charge is 0.468 e. The zero-order valence-corrected chi connectivity index (χ0v) is 14.2. The van der Waals surface area contributed by atoms with Crippen LogP contribution < -0.4 is 0 Å². The Kier molecular flexibility index (Phi) is 4.65. The zero-order valence-electron chi connectivity index (χ0n) is 14.2. The number of likely N-dealkylation sites (tertiary alicyclic amines) is 1. The van der Waals surface area contributed by atoms with Crippen LogP contribution in [0.15, 0.2) is 47.3 Å². The quantitative estimate of drug-likeness (QED) is 0.844. The molecule has 2 aliphatic heterocycles. The van der Waals surface area contributed by atoms with Gasteiger partial charge in [0.25, 0.3) is 0 Å². The van der Waals surface area contributed by atoms with E-state index in [9.17, 15) is 0 Å². The monoisotopic (exact) mass is 327 g/mol. The highest BCUT2D eigenvalue weighted by molar-refractivity contribution is 5.12. The van der Waals surface area contributed by atoms with Crippen molar-refractivity contribution >= 4 is 0 Å². The van der Waals surface area contributed by atoms with E-state index < -0.39 is 0 Å². The summed E-state index contributed by atoms with van der Waals surface area (Å²) < 4.78 is 11.7. The van der Waals surface area contributed by atoms with Crippen LogP contribution in [0, 0.1) is 0 Å². The fourth-order valence-corrected chi connectivity index (χ4v) is 4.08. The standard InChI is InChI=1S/C19H25N3O2/c1-21(13-16-4-2-10-23-16)18-14-22(12-15-6-8-20-9-7-15)17-5-3-11-24-19(17)18/h2,4,6-10,17-19H,3,5,11-14H2,1H3/t17-,18-,19+/m1/s1. The van der Waals surface area contributed by atoms with Gasteiger partial charge in [-0.3, -0.25) is 14.8 Å². The lowest BCUT2D eigenvalue weighted by molar-refractivity contribution is -0.0391. The lowest BCUT2D eigenvalue weighted by Gasteiger charge is -2.34. The Balaban J connectivity index is 1.48. The van der Waals surface area contributed by atoms with Gasteiger partial charge in [0.2, 0.25) is 0 Å². The number of nitrogens with zero attached hydrogens (tertiary/aromatic N) is 3. The number of furan rings is 1. The number of ether oxygens (including phenoxy) is 1. The minimum Gasteiger partial charge on any atom is -0.468 e. The van der Waals surface area contributed by atoms with Gasteiger partial charge in [0.05, 0.1) is 25.0 Å². The van der Waals surface area contributed by atoms with E-state index in [0.717, 1.165) is 38.4 Å². The predicted octanol–water partition coefficient (Wildman–Crippen LogP) is 2.54. The molecule has 4 heterocycles. The zero-order chi connectivity index (χ0) is 16.4. The number of aromatic nitrogens is 1. The van der Waals surface area contributed by atoms with Crippen LogP contribution in [0.3, 0.4) is 0 Å². The third-order valence-electron chi connectivity index (χ3n) is 5.29. The van der Waals surface area contributed by atoms with Crippen LogP contribution in [-0.4, -0.2) is 53.2 Å². The number of hydrogen-bond donors (Lipinski definition) is 0. The van der Waals surface area contributed by atoms with E-state index in [1.54, 1.807) is 6.26 Å². The molecule has 0 saturated carbocycles. The normalized spacial score (nSPS) is 27.5. The van der Waals surface area contributed by atoms with Crippen LogP contribution >= 0.6 is 0 Å². The van der Waals surface area contributed by atoms with Crippen molar-refractivity contribution < 1.29 is 9.15 Å². The summed E-state index contributed by atoms with van der Waals surface area (Å²) in [7, 11) is 2.18. The maximum absolute atomic E-state index is 6.20. The predicted molar refractivity (Wildman–Crippen MR) is 91.4 cm³/mol. The van der Waals surface area contributed by atoms with Crippen molar-refractivity contribution in [1.29, 1.82) is 0 Å². The number of fused-ring (bicyclic) bond motifs is 1. The van der Waals surface area contributed by atoms with Crippen molar-refractivity contribution in [2.45, 2.75) is 44.1 Å². The molecule has 0 N–H and O–H groups in total. The molecule has 0 unspecified atom stereocenters. The van der Waals surface area contributed by atoms with Crippen LogP contribution in [-0.2, 0) is 17.8 Å². The van der Waals surface area contributed by atoms with Gasteiger partial charge < -0.3 is 9.15 Å². The summed E-state index contributed by atoms with van der Waals surface area (Å²) in [5, 5.41) is 0. The molecule has 2 aliphatic rings. The van der Waals surface area contributed by atoms with Gasteiger partial charge in [-0.25, -0.2) is 0 Å². The molecule has 0 radical (unpaired) electrons. The van der Waals surface area contributed by atoms with Crippen LogP contribution in [0.5, 0.6) is 0 Å². The molecule has 128 valence electrons. The molecule has 4 rings (SSSR count). The SMILES string of the molecule is CN(Cc1ccco1)[C@@H]1CN(Cc2ccncc2)[C@@H]2CCCO[C@H]12. The van der Waals surface area contributed by atoms with Gasteiger partial charge in [0.1, 0.15) is 5.76 Å². The summed E-state index contributed by atoms with van der Waals surface area (Å²) in [6.07, 6.45) is 8.17. The summed E-state index contributed by atoms with van der Waals surface area (Å²) in [4.78, 5) is 9.09. The second kappa shape index (κ2) is 7.05. The maximum Gasteiger partial charge on any atom is 0.117 e. The first kappa shape index (κ1) is 15.8. The van der Waals surface area contributed by atoms with Crippen molar-refractivity contribution in [3.8, 4) is 0 Å². The Bertz CT molecular complexity index is 631. The van der Waals surface area contributed by atoms with Crippen molar-refractivity contribution in [2.24, 2.45) is 0 Å². The third kappa shape index (κ3) is 3.24. The fraction of sp³-hybridized carbons (Fsp3) is 0.526. The highest BCUT2D eigenvalue weighted by Gasteiger charge is 2.45. The molecule has 5 heteroatoms. The smallest absolute Gasteiger partial charge is 0.117 e. The molecule has 2 saturated heterocycles. The molecular weight excluding hydrogens is 302 g/mol. The van der Waals surface area contributed by atoms with Crippen molar-refractivity contribution in [3.63, 3.8) is 0 Å². The first-order valence-corrected chi connectivity index (χ1v) is 8.78. The highest BCUT2D eigenvalue weighted by Crippen LogP contribution is 2.32. The lowest BCUT2D eigenvalue weighted by atomic mass is 10.00. The first-order valence-electron chi connectivity index (χ1n) is 8.78. The van der Waals surface area contributed by atoms with Gasteiger partial charge in [-0.1, -0.05) is 0 Å². The number of pyridine rings is 1. The minimum absolute atomic E-state index is 0.292. The van der Waals surface area contributed by atoms with Gasteiger partial charge in [-0.15, -0.1) is 0 Å². The topological polar surface area (TPSA) is 41.7 Å². The van der Waals surface area contributed by atoms with Gasteiger partial charge in [0, 0.05) is 38.1 Å². The minimum atomic E-state index is 0.292. The average molecular weight is 327 g/mol. The first-order chi connectivity index (χ1) is 11.8. The van der Waals surface area contributed by atoms with Crippen molar-refractivity contribution in [3.05, 3.63) is 54.2 Å². The summed E-state index contributed by atoms with van der Waals surface area (Å²) in [5.41, 5.74) is 1.32. The van der Waals surface area contributed by atoms with Gasteiger partial charge in [-0.05, 0) is 49.7 Å². The van der Waals surface area contributed by atoms with Crippen molar-refractivity contribution in [1.82, 2.24) is 14.8 Å². The summed E-state index contributed by atoms with van der Waals surface area (Å²) in [5.74, 6) is 1.01. The van der Waals surface area contributed by atoms with E-state index >= 15 is 0 Å². The van der Waals surface area contributed by atoms with Crippen LogP contribution in [0.2, 0.25) is 0 Å². The Hall–Kier alpha value is -1.69. The van der Waals surface area contributed by atoms with E-state index in [0.29, 0.717) is 18.2 Å². The Morgan fingerprint density at radius 1 is 1.29 bits per heavy atom. The number of rotatable bonds is 5. The summed E-state index contributed by atoms with van der Waals surface area (Å²) in [6, 6.07) is 9.13. The lowest BCUT2D eigenvalue weighted by Crippen LogP contribution is -2.46. The van der Waals surface area contributed by atoms with E-state index in [-0.39, 0.29) is 0 Å².